The van der Waals surface area contributed by atoms with E-state index in [1.165, 1.54) is 0 Å². The van der Waals surface area contributed by atoms with Crippen molar-refractivity contribution >= 4 is 16.9 Å². The number of benzene rings is 1. The van der Waals surface area contributed by atoms with Crippen molar-refractivity contribution in [1.82, 2.24) is 0 Å². The second-order valence-corrected chi connectivity index (χ2v) is 7.09. The molecule has 5 nitrogen and oxygen atoms in total. The van der Waals surface area contributed by atoms with Crippen LogP contribution in [0.25, 0.3) is 22.5 Å². The van der Waals surface area contributed by atoms with Gasteiger partial charge in [-0.25, -0.2) is 4.79 Å². The Balaban J connectivity index is 2.15. The number of hydrogen-bond donors (Lipinski definition) is 0. The molecule has 3 rings (SSSR count). The number of ether oxygens (including phenoxy) is 1. The molecule has 5 heteroatoms. The van der Waals surface area contributed by atoms with E-state index in [4.69, 9.17) is 13.6 Å². The summed E-state index contributed by atoms with van der Waals surface area (Å²) < 4.78 is 16.7. The molecule has 0 amide bonds. The highest BCUT2D eigenvalue weighted by Gasteiger charge is 2.27. The molecule has 0 radical (unpaired) electrons. The zero-order chi connectivity index (χ0) is 18.4. The van der Waals surface area contributed by atoms with Gasteiger partial charge in [-0.15, -0.1) is 0 Å². The van der Waals surface area contributed by atoms with E-state index in [1.807, 2.05) is 24.3 Å². The fraction of sp³-hybridized carbons (Fsp3) is 0.300. The molecule has 0 fully saturated rings. The third kappa shape index (κ3) is 3.09. The highest BCUT2D eigenvalue weighted by molar-refractivity contribution is 5.83. The summed E-state index contributed by atoms with van der Waals surface area (Å²) in [5.74, 6) is 0.499. The maximum atomic E-state index is 12.3. The lowest BCUT2D eigenvalue weighted by Gasteiger charge is -2.18. The van der Waals surface area contributed by atoms with Crippen molar-refractivity contribution in [2.75, 3.05) is 0 Å². The molecule has 25 heavy (non-hydrogen) atoms. The summed E-state index contributed by atoms with van der Waals surface area (Å²) in [7, 11) is 0. The molecule has 0 saturated carbocycles. The molecule has 0 aliphatic rings. The molecular weight excluding hydrogens is 320 g/mol. The lowest BCUT2D eigenvalue weighted by Crippen LogP contribution is -2.27. The van der Waals surface area contributed by atoms with Crippen molar-refractivity contribution in [3.05, 3.63) is 51.9 Å². The van der Waals surface area contributed by atoms with Gasteiger partial charge < -0.3 is 13.6 Å². The van der Waals surface area contributed by atoms with Gasteiger partial charge in [0.15, 0.2) is 11.5 Å². The Hall–Kier alpha value is -2.82. The summed E-state index contributed by atoms with van der Waals surface area (Å²) in [5.41, 5.74) is 0.254. The number of furan rings is 1. The van der Waals surface area contributed by atoms with Crippen molar-refractivity contribution < 1.29 is 18.4 Å². The van der Waals surface area contributed by atoms with E-state index in [0.29, 0.717) is 16.9 Å². The van der Waals surface area contributed by atoms with Crippen LogP contribution in [0, 0.1) is 19.3 Å². The van der Waals surface area contributed by atoms with Crippen LogP contribution in [0.3, 0.4) is 0 Å². The van der Waals surface area contributed by atoms with Crippen molar-refractivity contribution in [2.45, 2.75) is 34.6 Å². The molecule has 0 bridgehead atoms. The van der Waals surface area contributed by atoms with Crippen molar-refractivity contribution in [3.63, 3.8) is 0 Å². The molecule has 2 aromatic heterocycles. The molecule has 0 N–H and O–H groups in total. The third-order valence-corrected chi connectivity index (χ3v) is 3.98. The van der Waals surface area contributed by atoms with Gasteiger partial charge in [0.1, 0.15) is 11.3 Å². The maximum Gasteiger partial charge on any atom is 0.343 e. The summed E-state index contributed by atoms with van der Waals surface area (Å²) in [6, 6.07) is 9.30. The van der Waals surface area contributed by atoms with Crippen LogP contribution in [-0.4, -0.2) is 5.97 Å². The first-order chi connectivity index (χ1) is 11.7. The van der Waals surface area contributed by atoms with Gasteiger partial charge in [0.25, 0.3) is 0 Å². The average Bonchev–Trinajstić information content (AvgIpc) is 2.97. The Labute approximate surface area is 145 Å². The third-order valence-electron chi connectivity index (χ3n) is 3.98. The second kappa shape index (κ2) is 5.92. The number of carbonyl (C=O) groups is 1. The lowest BCUT2D eigenvalue weighted by molar-refractivity contribution is -0.143. The van der Waals surface area contributed by atoms with Gasteiger partial charge in [0, 0.05) is 10.9 Å². The highest BCUT2D eigenvalue weighted by Crippen LogP contribution is 2.35. The van der Waals surface area contributed by atoms with Gasteiger partial charge in [-0.3, -0.25) is 4.79 Å². The lowest BCUT2D eigenvalue weighted by atomic mass is 9.97. The van der Waals surface area contributed by atoms with Gasteiger partial charge in [0.05, 0.1) is 11.0 Å². The first kappa shape index (κ1) is 17.0. The van der Waals surface area contributed by atoms with Crippen LogP contribution in [0.2, 0.25) is 0 Å². The largest absolute Gasteiger partial charge is 0.453 e. The van der Waals surface area contributed by atoms with Crippen molar-refractivity contribution in [1.29, 1.82) is 0 Å². The number of esters is 1. The predicted molar refractivity (Wildman–Crippen MR) is 94.8 cm³/mol. The highest BCUT2D eigenvalue weighted by atomic mass is 16.5. The van der Waals surface area contributed by atoms with Crippen molar-refractivity contribution in [3.8, 4) is 17.3 Å². The monoisotopic (exact) mass is 340 g/mol. The molecule has 0 unspecified atom stereocenters. The molecule has 0 aliphatic carbocycles. The van der Waals surface area contributed by atoms with Crippen LogP contribution < -0.4 is 10.4 Å². The number of fused-ring (bicyclic) bond motifs is 1. The average molecular weight is 340 g/mol. The Morgan fingerprint density at radius 3 is 2.36 bits per heavy atom. The standard InChI is InChI=1S/C20H20O5/c1-11-16(25-19(22)20(3,4)5)12(2)18(21)24-17(11)15-10-13-8-6-7-9-14(13)23-15/h6-10H,1-5H3. The molecule has 0 spiro atoms. The minimum atomic E-state index is -0.686. The zero-order valence-corrected chi connectivity index (χ0v) is 14.9. The maximum absolute atomic E-state index is 12.3. The van der Waals surface area contributed by atoms with Gasteiger partial charge in [0.2, 0.25) is 0 Å². The minimum Gasteiger partial charge on any atom is -0.453 e. The first-order valence-electron chi connectivity index (χ1n) is 8.04. The predicted octanol–water partition coefficient (Wildman–Crippen LogP) is 4.62. The van der Waals surface area contributed by atoms with Gasteiger partial charge >= 0.3 is 11.6 Å². The number of rotatable bonds is 2. The summed E-state index contributed by atoms with van der Waals surface area (Å²) in [6.45, 7) is 8.58. The quantitative estimate of drug-likeness (QED) is 0.637. The number of carbonyl (C=O) groups excluding carboxylic acids is 1. The first-order valence-corrected chi connectivity index (χ1v) is 8.04. The number of para-hydroxylation sites is 1. The molecule has 3 aromatic rings. The van der Waals surface area contributed by atoms with E-state index in [2.05, 4.69) is 0 Å². The van der Waals surface area contributed by atoms with E-state index < -0.39 is 17.0 Å². The van der Waals surface area contributed by atoms with E-state index in [0.717, 1.165) is 5.39 Å². The van der Waals surface area contributed by atoms with E-state index >= 15 is 0 Å². The van der Waals surface area contributed by atoms with E-state index in [9.17, 15) is 9.59 Å². The SMILES string of the molecule is Cc1c(-c2cc3ccccc3o2)oc(=O)c(C)c1OC(=O)C(C)(C)C. The normalized spacial score (nSPS) is 11.7. The Morgan fingerprint density at radius 1 is 1.04 bits per heavy atom. The molecule has 0 aliphatic heterocycles. The van der Waals surface area contributed by atoms with E-state index in [-0.39, 0.29) is 17.1 Å². The molecule has 130 valence electrons. The van der Waals surface area contributed by atoms with Crippen molar-refractivity contribution in [2.24, 2.45) is 5.41 Å². The van der Waals surface area contributed by atoms with Crippen LogP contribution in [0.15, 0.2) is 44.0 Å². The van der Waals surface area contributed by atoms with Crippen LogP contribution in [0.1, 0.15) is 31.9 Å². The summed E-state index contributed by atoms with van der Waals surface area (Å²) >= 11 is 0. The van der Waals surface area contributed by atoms with E-state index in [1.54, 1.807) is 40.7 Å². The molecule has 0 saturated heterocycles. The summed E-state index contributed by atoms with van der Waals surface area (Å²) in [4.78, 5) is 24.5. The van der Waals surface area contributed by atoms with Gasteiger partial charge in [-0.05, 0) is 46.8 Å². The Kier molecular flexibility index (Phi) is 4.03. The smallest absolute Gasteiger partial charge is 0.343 e. The summed E-state index contributed by atoms with van der Waals surface area (Å²) in [5, 5.41) is 0.897. The van der Waals surface area contributed by atoms with Crippen LogP contribution in [-0.2, 0) is 4.79 Å². The summed E-state index contributed by atoms with van der Waals surface area (Å²) in [6.07, 6.45) is 0. The second-order valence-electron chi connectivity index (χ2n) is 7.09. The zero-order valence-electron chi connectivity index (χ0n) is 14.9. The molecule has 1 aromatic carbocycles. The minimum absolute atomic E-state index is 0.228. The fourth-order valence-electron chi connectivity index (χ4n) is 2.45. The fourth-order valence-corrected chi connectivity index (χ4v) is 2.45. The molecule has 0 atom stereocenters. The molecular formula is C20H20O5. The Morgan fingerprint density at radius 2 is 1.72 bits per heavy atom. The van der Waals surface area contributed by atoms with Crippen LogP contribution in [0.5, 0.6) is 5.75 Å². The number of hydrogen-bond acceptors (Lipinski definition) is 5. The van der Waals surface area contributed by atoms with Gasteiger partial charge in [-0.1, -0.05) is 18.2 Å². The Bertz CT molecular complexity index is 982. The van der Waals surface area contributed by atoms with Crippen LogP contribution in [0.4, 0.5) is 0 Å². The molecule has 2 heterocycles. The van der Waals surface area contributed by atoms with Gasteiger partial charge in [-0.2, -0.15) is 0 Å². The topological polar surface area (TPSA) is 69.7 Å². The van der Waals surface area contributed by atoms with Crippen LogP contribution >= 0.6 is 0 Å².